The van der Waals surface area contributed by atoms with Gasteiger partial charge in [-0.1, -0.05) is 0 Å². The fourth-order valence-electron chi connectivity index (χ4n) is 5.20. The molecule has 0 aliphatic carbocycles. The van der Waals surface area contributed by atoms with Crippen molar-refractivity contribution in [3.05, 3.63) is 178 Å². The topological polar surface area (TPSA) is 264 Å². The van der Waals surface area contributed by atoms with Gasteiger partial charge in [0, 0.05) is 12.1 Å². The molecule has 0 fully saturated rings. The molecule has 304 valence electrons. The molecule has 17 heteroatoms. The van der Waals surface area contributed by atoms with E-state index in [9.17, 15) is 58.8 Å². The van der Waals surface area contributed by atoms with E-state index in [0.29, 0.717) is 0 Å². The number of esters is 4. The normalized spacial score (nSPS) is 10.4. The molecule has 6 aromatic carbocycles. The summed E-state index contributed by atoms with van der Waals surface area (Å²) < 4.78 is 28.3. The summed E-state index contributed by atoms with van der Waals surface area (Å²) in [5, 5.41) is 36.9. The van der Waals surface area contributed by atoms with Crippen LogP contribution in [-0.4, -0.2) is 68.2 Å². The van der Waals surface area contributed by atoms with Crippen molar-refractivity contribution in [1.29, 1.82) is 0 Å². The highest BCUT2D eigenvalue weighted by Gasteiger charge is 2.22. The monoisotopic (exact) mass is 826 g/mol. The Labute approximate surface area is 342 Å². The molecule has 0 aliphatic heterocycles. The predicted molar refractivity (Wildman–Crippen MR) is 206 cm³/mol. The summed E-state index contributed by atoms with van der Waals surface area (Å²) in [6.45, 7) is 0. The number of carbonyl (C=O) groups is 8. The maximum Gasteiger partial charge on any atom is 0.343 e. The van der Waals surface area contributed by atoms with Gasteiger partial charge in [-0.05, 0) is 121 Å². The summed E-state index contributed by atoms with van der Waals surface area (Å²) in [5.41, 5.74) is -0.627. The summed E-state index contributed by atoms with van der Waals surface area (Å²) in [7, 11) is 0. The van der Waals surface area contributed by atoms with Crippen LogP contribution in [0.15, 0.2) is 133 Å². The van der Waals surface area contributed by atoms with E-state index in [-0.39, 0.29) is 79.0 Å². The van der Waals surface area contributed by atoms with Crippen molar-refractivity contribution in [2.24, 2.45) is 0 Å². The molecule has 0 heterocycles. The predicted octanol–water partition coefficient (Wildman–Crippen LogP) is 7.15. The molecule has 6 aromatic rings. The zero-order valence-electron chi connectivity index (χ0n) is 30.8. The Bertz CT molecular complexity index is 2530. The van der Waals surface area contributed by atoms with E-state index in [1.165, 1.54) is 121 Å². The van der Waals surface area contributed by atoms with E-state index < -0.39 is 47.8 Å². The Hall–Kier alpha value is -9.12. The van der Waals surface area contributed by atoms with E-state index in [4.69, 9.17) is 23.7 Å². The van der Waals surface area contributed by atoms with E-state index in [1.54, 1.807) is 0 Å². The molecule has 0 atom stereocenters. The summed E-state index contributed by atoms with van der Waals surface area (Å²) in [4.78, 5) is 97.9. The van der Waals surface area contributed by atoms with Gasteiger partial charge < -0.3 is 44.1 Å². The second-order valence-corrected chi connectivity index (χ2v) is 12.4. The lowest BCUT2D eigenvalue weighted by molar-refractivity contribution is 0.0685. The molecule has 61 heavy (non-hydrogen) atoms. The van der Waals surface area contributed by atoms with Crippen LogP contribution >= 0.6 is 0 Å². The fourth-order valence-corrected chi connectivity index (χ4v) is 5.20. The lowest BCUT2D eigenvalue weighted by Gasteiger charge is -2.16. The number of carboxylic acid groups (broad SMARTS) is 4. The van der Waals surface area contributed by atoms with Crippen molar-refractivity contribution < 1.29 is 82.5 Å². The molecular formula is C44H26O17. The van der Waals surface area contributed by atoms with Crippen LogP contribution in [0.5, 0.6) is 34.5 Å². The van der Waals surface area contributed by atoms with E-state index >= 15 is 0 Å². The second kappa shape index (κ2) is 18.0. The van der Waals surface area contributed by atoms with Gasteiger partial charge in [0.1, 0.15) is 11.5 Å². The summed E-state index contributed by atoms with van der Waals surface area (Å²) in [6, 6.07) is 26.1. The highest BCUT2D eigenvalue weighted by atomic mass is 16.6. The molecule has 0 radical (unpaired) electrons. The van der Waals surface area contributed by atoms with Gasteiger partial charge in [0.25, 0.3) is 0 Å². The van der Waals surface area contributed by atoms with Crippen molar-refractivity contribution in [3.63, 3.8) is 0 Å². The van der Waals surface area contributed by atoms with Crippen molar-refractivity contribution in [2.45, 2.75) is 0 Å². The highest BCUT2D eigenvalue weighted by molar-refractivity contribution is 5.96. The van der Waals surface area contributed by atoms with Gasteiger partial charge in [-0.2, -0.15) is 0 Å². The first-order chi connectivity index (χ1) is 29.1. The average Bonchev–Trinajstić information content (AvgIpc) is 3.25. The molecule has 0 bridgehead atoms. The van der Waals surface area contributed by atoms with Crippen LogP contribution in [-0.2, 0) is 0 Å². The number of carbonyl (C=O) groups excluding carboxylic acids is 4. The van der Waals surface area contributed by atoms with Crippen LogP contribution in [0.25, 0.3) is 0 Å². The zero-order chi connectivity index (χ0) is 43.8. The third-order valence-corrected chi connectivity index (χ3v) is 8.35. The number of carboxylic acids is 4. The Morgan fingerprint density at radius 3 is 0.754 bits per heavy atom. The summed E-state index contributed by atoms with van der Waals surface area (Å²) >= 11 is 0. The van der Waals surface area contributed by atoms with Crippen LogP contribution in [0.2, 0.25) is 0 Å². The maximum absolute atomic E-state index is 13.3. The quantitative estimate of drug-likeness (QED) is 0.0627. The molecule has 0 spiro atoms. The maximum atomic E-state index is 13.3. The third kappa shape index (κ3) is 10.3. The second-order valence-electron chi connectivity index (χ2n) is 12.4. The van der Waals surface area contributed by atoms with Gasteiger partial charge >= 0.3 is 47.8 Å². The van der Waals surface area contributed by atoms with Crippen LogP contribution < -0.4 is 23.7 Å². The molecule has 0 aromatic heterocycles. The van der Waals surface area contributed by atoms with Gasteiger partial charge in [-0.15, -0.1) is 0 Å². The molecule has 0 saturated carbocycles. The Morgan fingerprint density at radius 1 is 0.279 bits per heavy atom. The average molecular weight is 827 g/mol. The number of benzene rings is 6. The third-order valence-electron chi connectivity index (χ3n) is 8.35. The van der Waals surface area contributed by atoms with Gasteiger partial charge in [0.15, 0.2) is 23.0 Å². The minimum atomic E-state index is -1.24. The first kappa shape index (κ1) is 41.5. The van der Waals surface area contributed by atoms with Gasteiger partial charge in [-0.25, -0.2) is 38.4 Å². The van der Waals surface area contributed by atoms with E-state index in [0.717, 1.165) is 12.1 Å². The van der Waals surface area contributed by atoms with Crippen molar-refractivity contribution in [1.82, 2.24) is 0 Å². The molecule has 17 nitrogen and oxygen atoms in total. The smallest absolute Gasteiger partial charge is 0.343 e. The summed E-state index contributed by atoms with van der Waals surface area (Å²) in [5.74, 6) is -10.5. The van der Waals surface area contributed by atoms with Crippen LogP contribution in [0.1, 0.15) is 82.9 Å². The van der Waals surface area contributed by atoms with Gasteiger partial charge in [-0.3, -0.25) is 0 Å². The Morgan fingerprint density at radius 2 is 0.508 bits per heavy atom. The SMILES string of the molecule is O=C(O)c1ccc(C(=O)Oc2ccc(OC(=O)c3ccc(C(=O)O)cc3)c(Oc3cc(OC(=O)c4ccc(C(=O)O)cc4)ccc3OC(=O)c3ccc(C(=O)O)cc3)c2)cc1. The number of rotatable bonds is 14. The number of hydrogen-bond acceptors (Lipinski definition) is 13. The lowest BCUT2D eigenvalue weighted by Crippen LogP contribution is -2.12. The van der Waals surface area contributed by atoms with Gasteiger partial charge in [0.2, 0.25) is 0 Å². The minimum Gasteiger partial charge on any atom is -0.478 e. The standard InChI is InChI=1S/C44H26O17/c45-37(46)23-1-9-27(10-2-23)41(53)57-31-17-19-33(60-43(55)29-13-5-25(6-14-29)39(49)50)35(21-31)59-36-22-32(58-42(54)28-11-3-24(4-12-28)38(47)48)18-20-34(36)61-44(56)30-15-7-26(8-16-30)40(51)52/h1-22H,(H,45,46)(H,47,48)(H,49,50)(H,51,52). The molecule has 0 amide bonds. The first-order valence-electron chi connectivity index (χ1n) is 17.3. The molecule has 6 rings (SSSR count). The molecule has 0 unspecified atom stereocenters. The summed E-state index contributed by atoms with van der Waals surface area (Å²) in [6.07, 6.45) is 0. The first-order valence-corrected chi connectivity index (χ1v) is 17.3. The molecule has 0 aliphatic rings. The lowest BCUT2D eigenvalue weighted by atomic mass is 10.1. The van der Waals surface area contributed by atoms with Crippen LogP contribution in [0.3, 0.4) is 0 Å². The number of ether oxygens (including phenoxy) is 5. The van der Waals surface area contributed by atoms with Crippen molar-refractivity contribution in [3.8, 4) is 34.5 Å². The van der Waals surface area contributed by atoms with E-state index in [2.05, 4.69) is 0 Å². The van der Waals surface area contributed by atoms with Crippen molar-refractivity contribution >= 4 is 47.8 Å². The van der Waals surface area contributed by atoms with Crippen LogP contribution in [0, 0.1) is 0 Å². The Kier molecular flexibility index (Phi) is 12.2. The van der Waals surface area contributed by atoms with Crippen LogP contribution in [0.4, 0.5) is 0 Å². The number of aromatic carboxylic acids is 4. The molecule has 0 saturated heterocycles. The minimum absolute atomic E-state index is 0.0366. The largest absolute Gasteiger partial charge is 0.478 e. The fraction of sp³-hybridized carbons (Fsp3) is 0. The van der Waals surface area contributed by atoms with Crippen molar-refractivity contribution in [2.75, 3.05) is 0 Å². The Balaban J connectivity index is 1.37. The zero-order valence-corrected chi connectivity index (χ0v) is 30.8. The molecular weight excluding hydrogens is 800 g/mol. The number of hydrogen-bond donors (Lipinski definition) is 4. The molecule has 4 N–H and O–H groups in total. The van der Waals surface area contributed by atoms with E-state index in [1.807, 2.05) is 0 Å². The highest BCUT2D eigenvalue weighted by Crippen LogP contribution is 2.41. The van der Waals surface area contributed by atoms with Gasteiger partial charge in [0.05, 0.1) is 44.5 Å².